The molecule has 0 aromatic rings. The molecule has 1 rings (SSSR count). The molecule has 10 heavy (non-hydrogen) atoms. The second kappa shape index (κ2) is 7.67. The fourth-order valence-electron chi connectivity index (χ4n) is 1.36. The van der Waals surface area contributed by atoms with Crippen molar-refractivity contribution in [2.75, 3.05) is 6.61 Å². The van der Waals surface area contributed by atoms with Gasteiger partial charge < -0.3 is 6.16 Å². The Labute approximate surface area is 112 Å². The minimum atomic E-state index is 0. The first-order chi connectivity index (χ1) is 4.43. The van der Waals surface area contributed by atoms with Gasteiger partial charge in [-0.25, -0.2) is 0 Å². The molecule has 1 fully saturated rings. The quantitative estimate of drug-likeness (QED) is 0.430. The molecule has 1 aliphatic rings. The van der Waals surface area contributed by atoms with Gasteiger partial charge in [0.05, 0.1) is 0 Å². The van der Waals surface area contributed by atoms with Gasteiger partial charge in [-0.2, -0.15) is 0 Å². The van der Waals surface area contributed by atoms with Gasteiger partial charge in [0, 0.05) is 30.4 Å². The van der Waals surface area contributed by atoms with Crippen LogP contribution in [0, 0.1) is 0 Å². The maximum Gasteiger partial charge on any atom is 1.00 e. The third kappa shape index (κ3) is 4.82. The summed E-state index contributed by atoms with van der Waals surface area (Å²) in [5, 5.41) is 0. The molecule has 0 bridgehead atoms. The van der Waals surface area contributed by atoms with Gasteiger partial charge >= 0.3 is 51.4 Å². The normalized spacial score (nSPS) is 27.9. The van der Waals surface area contributed by atoms with Crippen LogP contribution in [-0.4, -0.2) is 30.4 Å². The first kappa shape index (κ1) is 12.0. The minimum absolute atomic E-state index is 0. The van der Waals surface area contributed by atoms with Gasteiger partial charge in [0.1, 0.15) is 0 Å². The molecule has 0 amide bonds. The van der Waals surface area contributed by atoms with Crippen LogP contribution in [0.3, 0.4) is 0 Å². The Kier molecular flexibility index (Phi) is 9.22. The summed E-state index contributed by atoms with van der Waals surface area (Å²) in [6.07, 6.45) is 4.15. The molecule has 1 unspecified atom stereocenters. The zero-order valence-electron chi connectivity index (χ0n) is 8.23. The molecule has 1 nitrogen and oxygen atoms in total. The van der Waals surface area contributed by atoms with Gasteiger partial charge in [0.2, 0.25) is 0 Å². The third-order valence-electron chi connectivity index (χ3n) is 1.88. The van der Waals surface area contributed by atoms with E-state index in [0.29, 0.717) is 18.1 Å². The van der Waals surface area contributed by atoms with Crippen molar-refractivity contribution in [3.8, 4) is 0 Å². The summed E-state index contributed by atoms with van der Waals surface area (Å²) < 4.78 is 5.61. The Morgan fingerprint density at radius 2 is 2.30 bits per heavy atom. The predicted octanol–water partition coefficient (Wildman–Crippen LogP) is -3.07. The van der Waals surface area contributed by atoms with Crippen LogP contribution in [-0.2, 0) is 4.74 Å². The van der Waals surface area contributed by atoms with Crippen molar-refractivity contribution in [1.82, 2.24) is 0 Å². The van der Waals surface area contributed by atoms with E-state index in [1.54, 1.807) is 0 Å². The van der Waals surface area contributed by atoms with Gasteiger partial charge in [-0.1, -0.05) is 6.55 Å². The summed E-state index contributed by atoms with van der Waals surface area (Å²) in [7, 11) is 0.676. The summed E-state index contributed by atoms with van der Waals surface area (Å²) in [6.45, 7) is 3.48. The maximum atomic E-state index is 5.61. The molecule has 0 aromatic heterocycles. The predicted molar refractivity (Wildman–Crippen MR) is 47.7 cm³/mol. The Morgan fingerprint density at radius 1 is 1.50 bits per heavy atom. The summed E-state index contributed by atoms with van der Waals surface area (Å²) in [4.78, 5) is 0. The van der Waals surface area contributed by atoms with Crippen molar-refractivity contribution in [1.29, 1.82) is 0 Å². The second-order valence-electron chi connectivity index (χ2n) is 2.78. The Bertz CT molecular complexity index is 78.2. The Morgan fingerprint density at radius 3 is 2.80 bits per heavy atom. The standard InChI is InChI=1S/C6H16OSi2.K.H/c1-8-9-6-4-2-3-5-7-6;;/h6H,2-5,8-9H2,1H3;;/q;+1;-1. The largest absolute Gasteiger partial charge is 1.00 e. The molecular formula is C6H17KOSi2. The van der Waals surface area contributed by atoms with Crippen LogP contribution in [0.4, 0.5) is 0 Å². The molecule has 1 heterocycles. The molecule has 0 aliphatic carbocycles. The van der Waals surface area contributed by atoms with E-state index in [9.17, 15) is 0 Å². The van der Waals surface area contributed by atoms with Crippen molar-refractivity contribution in [3.63, 3.8) is 0 Å². The Balaban J connectivity index is 0. The van der Waals surface area contributed by atoms with Crippen molar-refractivity contribution in [2.45, 2.75) is 31.5 Å². The SMILES string of the molecule is C[SiH2][SiH2]C1CCCCO1.[H-].[K+]. The number of rotatable bonds is 2. The van der Waals surface area contributed by atoms with Crippen LogP contribution >= 0.6 is 0 Å². The molecule has 0 spiro atoms. The van der Waals surface area contributed by atoms with E-state index in [4.69, 9.17) is 4.74 Å². The van der Waals surface area contributed by atoms with Crippen LogP contribution in [0.5, 0.6) is 0 Å². The molecule has 1 saturated heterocycles. The molecular weight excluding hydrogens is 183 g/mol. The van der Waals surface area contributed by atoms with E-state index in [-0.39, 0.29) is 52.8 Å². The van der Waals surface area contributed by atoms with Gasteiger partial charge in [-0.15, -0.1) is 0 Å². The van der Waals surface area contributed by atoms with E-state index < -0.39 is 0 Å². The van der Waals surface area contributed by atoms with Gasteiger partial charge in [0.25, 0.3) is 0 Å². The van der Waals surface area contributed by atoms with Gasteiger partial charge in [-0.05, 0) is 19.3 Å². The van der Waals surface area contributed by atoms with Crippen LogP contribution < -0.4 is 51.4 Å². The number of ether oxygens (including phenoxy) is 1. The molecule has 0 saturated carbocycles. The summed E-state index contributed by atoms with van der Waals surface area (Å²) in [6, 6.07) is 0. The summed E-state index contributed by atoms with van der Waals surface area (Å²) >= 11 is 0. The van der Waals surface area contributed by atoms with Crippen molar-refractivity contribution in [2.24, 2.45) is 0 Å². The Hall–Kier alpha value is 2.03. The van der Waals surface area contributed by atoms with E-state index >= 15 is 0 Å². The molecule has 1 aliphatic heterocycles. The van der Waals surface area contributed by atoms with E-state index in [2.05, 4.69) is 6.55 Å². The smallest absolute Gasteiger partial charge is 1.00 e. The van der Waals surface area contributed by atoms with E-state index in [0.717, 1.165) is 12.3 Å². The molecule has 56 valence electrons. The maximum absolute atomic E-state index is 5.61. The third-order valence-corrected chi connectivity index (χ3v) is 7.41. The van der Waals surface area contributed by atoms with Crippen LogP contribution in [0.1, 0.15) is 20.7 Å². The van der Waals surface area contributed by atoms with Crippen LogP contribution in [0.25, 0.3) is 0 Å². The van der Waals surface area contributed by atoms with Gasteiger partial charge in [-0.3, -0.25) is 0 Å². The molecule has 4 heteroatoms. The van der Waals surface area contributed by atoms with Crippen molar-refractivity contribution < 1.29 is 57.5 Å². The summed E-state index contributed by atoms with van der Waals surface area (Å²) in [5.74, 6) is 0. The minimum Gasteiger partial charge on any atom is -1.00 e. The fourth-order valence-corrected chi connectivity index (χ4v) is 6.21. The zero-order chi connectivity index (χ0) is 6.53. The van der Waals surface area contributed by atoms with E-state index in [1.165, 1.54) is 19.3 Å². The van der Waals surface area contributed by atoms with E-state index in [1.807, 2.05) is 0 Å². The monoisotopic (exact) mass is 200 g/mol. The average Bonchev–Trinajstić information content (AvgIpc) is 1.91. The summed E-state index contributed by atoms with van der Waals surface area (Å²) in [5.41, 5.74) is 0.801. The molecule has 0 N–H and O–H groups in total. The molecule has 0 aromatic carbocycles. The topological polar surface area (TPSA) is 9.23 Å². The number of hydrogen-bond donors (Lipinski definition) is 0. The first-order valence-electron chi connectivity index (χ1n) is 4.05. The van der Waals surface area contributed by atoms with Crippen LogP contribution in [0.15, 0.2) is 0 Å². The average molecular weight is 200 g/mol. The van der Waals surface area contributed by atoms with Crippen LogP contribution in [0.2, 0.25) is 6.55 Å². The van der Waals surface area contributed by atoms with Gasteiger partial charge in [0.15, 0.2) is 0 Å². The second-order valence-corrected chi connectivity index (χ2v) is 10.00. The molecule has 0 radical (unpaired) electrons. The van der Waals surface area contributed by atoms with Crippen molar-refractivity contribution in [3.05, 3.63) is 0 Å². The molecule has 1 atom stereocenters. The first-order valence-corrected chi connectivity index (χ1v) is 10.3. The zero-order valence-corrected chi connectivity index (χ0v) is 13.2. The van der Waals surface area contributed by atoms with Crippen molar-refractivity contribution >= 4 is 18.1 Å². The fraction of sp³-hybridized carbons (Fsp3) is 1.00. The number of hydrogen-bond acceptors (Lipinski definition) is 1.